The Hall–Kier alpha value is -0.840. The molecule has 0 unspecified atom stereocenters. The zero-order chi connectivity index (χ0) is 13.8. The maximum atomic E-state index is 4.39. The summed E-state index contributed by atoms with van der Waals surface area (Å²) < 4.78 is 1.03. The lowest BCUT2D eigenvalue weighted by molar-refractivity contribution is 0.687. The van der Waals surface area contributed by atoms with Gasteiger partial charge in [-0.1, -0.05) is 12.1 Å². The Morgan fingerprint density at radius 1 is 1.15 bits per heavy atom. The minimum absolute atomic E-state index is 0.771. The largest absolute Gasteiger partial charge is 0.310 e. The molecule has 1 heterocycles. The summed E-state index contributed by atoms with van der Waals surface area (Å²) in [6.07, 6.45) is 4.53. The number of thioether (sulfide) groups is 1. The molecule has 1 fully saturated rings. The first kappa shape index (κ1) is 14.1. The van der Waals surface area contributed by atoms with Gasteiger partial charge < -0.3 is 5.32 Å². The quantitative estimate of drug-likeness (QED) is 0.783. The minimum Gasteiger partial charge on any atom is -0.310 e. The Balaban J connectivity index is 1.50. The molecule has 1 aromatic carbocycles. The number of halogens is 1. The van der Waals surface area contributed by atoms with Crippen LogP contribution in [-0.2, 0) is 12.3 Å². The van der Waals surface area contributed by atoms with E-state index in [1.165, 1.54) is 23.3 Å². The first-order valence-corrected chi connectivity index (χ1v) is 8.63. The van der Waals surface area contributed by atoms with Crippen LogP contribution in [0.5, 0.6) is 0 Å². The molecule has 104 valence electrons. The molecule has 1 aliphatic rings. The van der Waals surface area contributed by atoms with Crippen molar-refractivity contribution in [3.8, 4) is 0 Å². The zero-order valence-electron chi connectivity index (χ0n) is 11.2. The third-order valence-corrected chi connectivity index (χ3v) is 4.79. The van der Waals surface area contributed by atoms with Crippen molar-refractivity contribution in [2.45, 2.75) is 36.1 Å². The highest BCUT2D eigenvalue weighted by Gasteiger charge is 2.19. The minimum atomic E-state index is 0.771. The number of hydrogen-bond acceptors (Lipinski definition) is 3. The Morgan fingerprint density at radius 3 is 2.60 bits per heavy atom. The van der Waals surface area contributed by atoms with Crippen molar-refractivity contribution in [3.63, 3.8) is 0 Å². The molecule has 0 atom stereocenters. The molecule has 1 saturated carbocycles. The molecular formula is C16H17BrN2S. The van der Waals surface area contributed by atoms with Crippen molar-refractivity contribution in [2.75, 3.05) is 0 Å². The molecule has 2 aromatic rings. The van der Waals surface area contributed by atoms with E-state index in [1.54, 1.807) is 0 Å². The van der Waals surface area contributed by atoms with Gasteiger partial charge in [-0.2, -0.15) is 0 Å². The zero-order valence-corrected chi connectivity index (χ0v) is 13.6. The van der Waals surface area contributed by atoms with Crippen LogP contribution in [0.2, 0.25) is 0 Å². The standard InChI is InChI=1S/C16H17BrN2S/c17-13-3-4-15(19-10-13)11-20-16-7-1-12(2-8-16)9-18-14-5-6-14/h1-4,7-8,10,14,18H,5-6,9,11H2. The van der Waals surface area contributed by atoms with E-state index in [0.717, 1.165) is 28.5 Å². The lowest BCUT2D eigenvalue weighted by Gasteiger charge is -2.05. The van der Waals surface area contributed by atoms with Crippen molar-refractivity contribution in [1.82, 2.24) is 10.3 Å². The van der Waals surface area contributed by atoms with E-state index < -0.39 is 0 Å². The van der Waals surface area contributed by atoms with Gasteiger partial charge >= 0.3 is 0 Å². The summed E-state index contributed by atoms with van der Waals surface area (Å²) in [7, 11) is 0. The summed E-state index contributed by atoms with van der Waals surface area (Å²) in [5.41, 5.74) is 2.47. The summed E-state index contributed by atoms with van der Waals surface area (Å²) in [6.45, 7) is 0.990. The van der Waals surface area contributed by atoms with Gasteiger partial charge in [0.05, 0.1) is 5.69 Å². The Kier molecular flexibility index (Phi) is 4.76. The average Bonchev–Trinajstić information content (AvgIpc) is 3.30. The molecule has 20 heavy (non-hydrogen) atoms. The SMILES string of the molecule is Brc1ccc(CSc2ccc(CNC3CC3)cc2)nc1. The highest BCUT2D eigenvalue weighted by atomic mass is 79.9. The van der Waals surface area contributed by atoms with Gasteiger partial charge in [0.25, 0.3) is 0 Å². The molecule has 0 aliphatic heterocycles. The van der Waals surface area contributed by atoms with Gasteiger partial charge in [-0.25, -0.2) is 0 Å². The van der Waals surface area contributed by atoms with E-state index in [-0.39, 0.29) is 0 Å². The van der Waals surface area contributed by atoms with Crippen LogP contribution in [0, 0.1) is 0 Å². The first-order chi connectivity index (χ1) is 9.79. The molecule has 0 bridgehead atoms. The van der Waals surface area contributed by atoms with Gasteiger partial charge in [0.15, 0.2) is 0 Å². The third-order valence-electron chi connectivity index (χ3n) is 3.27. The predicted molar refractivity (Wildman–Crippen MR) is 87.8 cm³/mol. The molecule has 0 amide bonds. The second-order valence-electron chi connectivity index (χ2n) is 5.06. The molecule has 0 radical (unpaired) electrons. The van der Waals surface area contributed by atoms with Gasteiger partial charge in [-0.05, 0) is 58.6 Å². The third kappa shape index (κ3) is 4.33. The number of pyridine rings is 1. The van der Waals surface area contributed by atoms with Gasteiger partial charge in [0.2, 0.25) is 0 Å². The van der Waals surface area contributed by atoms with E-state index >= 15 is 0 Å². The fourth-order valence-corrected chi connectivity index (χ4v) is 2.95. The molecule has 4 heteroatoms. The summed E-state index contributed by atoms with van der Waals surface area (Å²) in [4.78, 5) is 5.69. The van der Waals surface area contributed by atoms with Crippen LogP contribution >= 0.6 is 27.7 Å². The topological polar surface area (TPSA) is 24.9 Å². The molecule has 3 rings (SSSR count). The maximum Gasteiger partial charge on any atom is 0.0507 e. The van der Waals surface area contributed by atoms with Crippen molar-refractivity contribution in [2.24, 2.45) is 0 Å². The van der Waals surface area contributed by atoms with Gasteiger partial charge in [-0.15, -0.1) is 11.8 Å². The lowest BCUT2D eigenvalue weighted by Crippen LogP contribution is -2.14. The van der Waals surface area contributed by atoms with Gasteiger partial charge in [-0.3, -0.25) is 4.98 Å². The van der Waals surface area contributed by atoms with Crippen LogP contribution in [0.3, 0.4) is 0 Å². The van der Waals surface area contributed by atoms with Crippen molar-refractivity contribution >= 4 is 27.7 Å². The number of nitrogens with zero attached hydrogens (tertiary/aromatic N) is 1. The lowest BCUT2D eigenvalue weighted by atomic mass is 10.2. The highest BCUT2D eigenvalue weighted by Crippen LogP contribution is 2.23. The molecular weight excluding hydrogens is 332 g/mol. The van der Waals surface area contributed by atoms with Gasteiger partial charge in [0, 0.05) is 33.9 Å². The smallest absolute Gasteiger partial charge is 0.0507 e. The normalized spacial score (nSPS) is 14.4. The fraction of sp³-hybridized carbons (Fsp3) is 0.312. The van der Waals surface area contributed by atoms with Crippen molar-refractivity contribution < 1.29 is 0 Å². The van der Waals surface area contributed by atoms with Crippen LogP contribution in [0.1, 0.15) is 24.1 Å². The molecule has 1 aliphatic carbocycles. The summed E-state index contributed by atoms with van der Waals surface area (Å²) in [6, 6.07) is 13.7. The van der Waals surface area contributed by atoms with Crippen LogP contribution in [0.25, 0.3) is 0 Å². The van der Waals surface area contributed by atoms with Crippen molar-refractivity contribution in [3.05, 3.63) is 58.3 Å². The van der Waals surface area contributed by atoms with E-state index in [2.05, 4.69) is 56.6 Å². The summed E-state index contributed by atoms with van der Waals surface area (Å²) >= 11 is 5.23. The van der Waals surface area contributed by atoms with E-state index in [0.29, 0.717) is 0 Å². The molecule has 1 aromatic heterocycles. The van der Waals surface area contributed by atoms with E-state index in [4.69, 9.17) is 0 Å². The Morgan fingerprint density at radius 2 is 1.95 bits per heavy atom. The summed E-state index contributed by atoms with van der Waals surface area (Å²) in [5.74, 6) is 0.910. The highest BCUT2D eigenvalue weighted by molar-refractivity contribution is 9.10. The average molecular weight is 349 g/mol. The number of aromatic nitrogens is 1. The molecule has 0 saturated heterocycles. The van der Waals surface area contributed by atoms with Crippen molar-refractivity contribution in [1.29, 1.82) is 0 Å². The Labute approximate surface area is 132 Å². The molecule has 2 nitrogen and oxygen atoms in total. The van der Waals surface area contributed by atoms with Crippen LogP contribution in [-0.4, -0.2) is 11.0 Å². The van der Waals surface area contributed by atoms with Crippen LogP contribution in [0.4, 0.5) is 0 Å². The Bertz CT molecular complexity index is 550. The maximum absolute atomic E-state index is 4.39. The molecule has 1 N–H and O–H groups in total. The number of benzene rings is 1. The van der Waals surface area contributed by atoms with Crippen LogP contribution in [0.15, 0.2) is 52.0 Å². The van der Waals surface area contributed by atoms with Crippen LogP contribution < -0.4 is 5.32 Å². The fourth-order valence-electron chi connectivity index (χ4n) is 1.90. The first-order valence-electron chi connectivity index (χ1n) is 6.85. The predicted octanol–water partition coefficient (Wildman–Crippen LogP) is 4.39. The number of rotatable bonds is 6. The number of nitrogens with one attached hydrogen (secondary N) is 1. The van der Waals surface area contributed by atoms with E-state index in [9.17, 15) is 0 Å². The summed E-state index contributed by atoms with van der Waals surface area (Å²) in [5, 5.41) is 3.53. The number of hydrogen-bond donors (Lipinski definition) is 1. The second-order valence-corrected chi connectivity index (χ2v) is 7.02. The van der Waals surface area contributed by atoms with Gasteiger partial charge in [0.1, 0.15) is 0 Å². The van der Waals surface area contributed by atoms with E-state index in [1.807, 2.05) is 24.0 Å². The molecule has 0 spiro atoms. The second kappa shape index (κ2) is 6.74. The monoisotopic (exact) mass is 348 g/mol.